The van der Waals surface area contributed by atoms with Crippen molar-refractivity contribution >= 4 is 5.91 Å². The molecule has 1 amide bonds. The number of nitrogens with one attached hydrogen (secondary N) is 1. The number of rotatable bonds is 4. The lowest BCUT2D eigenvalue weighted by molar-refractivity contribution is -0.139. The van der Waals surface area contributed by atoms with Crippen LogP contribution in [-0.4, -0.2) is 18.1 Å². The highest BCUT2D eigenvalue weighted by Gasteiger charge is 2.37. The van der Waals surface area contributed by atoms with Crippen molar-refractivity contribution in [2.24, 2.45) is 5.73 Å². The molecule has 1 fully saturated rings. The average Bonchev–Trinajstić information content (AvgIpc) is 2.84. The Morgan fingerprint density at radius 2 is 2.28 bits per heavy atom. The molecule has 2 rings (SSSR count). The SMILES string of the molecule is CC1(C(=O)NCc2cccc(CN)c2)CCCO1. The van der Waals surface area contributed by atoms with Crippen LogP contribution in [0.15, 0.2) is 24.3 Å². The second-order valence-electron chi connectivity index (χ2n) is 4.89. The lowest BCUT2D eigenvalue weighted by Crippen LogP contribution is -2.43. The summed E-state index contributed by atoms with van der Waals surface area (Å²) < 4.78 is 5.50. The fourth-order valence-electron chi connectivity index (χ4n) is 2.19. The van der Waals surface area contributed by atoms with Crippen LogP contribution in [0.4, 0.5) is 0 Å². The van der Waals surface area contributed by atoms with Gasteiger partial charge in [0.25, 0.3) is 5.91 Å². The van der Waals surface area contributed by atoms with E-state index < -0.39 is 5.60 Å². The molecular formula is C14H20N2O2. The van der Waals surface area contributed by atoms with Gasteiger partial charge in [-0.1, -0.05) is 24.3 Å². The highest BCUT2D eigenvalue weighted by atomic mass is 16.5. The number of benzene rings is 1. The van der Waals surface area contributed by atoms with Gasteiger partial charge in [0, 0.05) is 19.7 Å². The summed E-state index contributed by atoms with van der Waals surface area (Å²) in [5.41, 5.74) is 7.08. The van der Waals surface area contributed by atoms with Crippen molar-refractivity contribution in [3.05, 3.63) is 35.4 Å². The third-order valence-electron chi connectivity index (χ3n) is 3.38. The van der Waals surface area contributed by atoms with Gasteiger partial charge in [0.05, 0.1) is 0 Å². The van der Waals surface area contributed by atoms with Gasteiger partial charge in [-0.05, 0) is 30.9 Å². The van der Waals surface area contributed by atoms with Gasteiger partial charge < -0.3 is 15.8 Å². The van der Waals surface area contributed by atoms with Crippen LogP contribution < -0.4 is 11.1 Å². The molecule has 98 valence electrons. The maximum absolute atomic E-state index is 12.0. The van der Waals surface area contributed by atoms with E-state index in [1.54, 1.807) is 0 Å². The zero-order valence-corrected chi connectivity index (χ0v) is 10.7. The smallest absolute Gasteiger partial charge is 0.252 e. The number of carbonyl (C=O) groups excluding carboxylic acids is 1. The number of carbonyl (C=O) groups is 1. The fourth-order valence-corrected chi connectivity index (χ4v) is 2.19. The first kappa shape index (κ1) is 13.1. The summed E-state index contributed by atoms with van der Waals surface area (Å²) >= 11 is 0. The van der Waals surface area contributed by atoms with Crippen molar-refractivity contribution in [3.8, 4) is 0 Å². The Hall–Kier alpha value is -1.39. The van der Waals surface area contributed by atoms with Crippen LogP contribution in [0.1, 0.15) is 30.9 Å². The number of hydrogen-bond donors (Lipinski definition) is 2. The molecule has 0 saturated carbocycles. The molecule has 0 aromatic heterocycles. The molecule has 1 aromatic rings. The molecule has 18 heavy (non-hydrogen) atoms. The van der Waals surface area contributed by atoms with Crippen LogP contribution in [0.25, 0.3) is 0 Å². The Labute approximate surface area is 108 Å². The number of nitrogens with two attached hydrogens (primary N) is 1. The normalized spacial score (nSPS) is 23.0. The highest BCUT2D eigenvalue weighted by molar-refractivity contribution is 5.84. The number of amides is 1. The Bertz CT molecular complexity index is 426. The molecule has 1 aliphatic rings. The van der Waals surface area contributed by atoms with Crippen molar-refractivity contribution in [2.75, 3.05) is 6.61 Å². The van der Waals surface area contributed by atoms with Gasteiger partial charge in [-0.3, -0.25) is 4.79 Å². The highest BCUT2D eigenvalue weighted by Crippen LogP contribution is 2.25. The molecule has 1 aromatic carbocycles. The van der Waals surface area contributed by atoms with E-state index >= 15 is 0 Å². The van der Waals surface area contributed by atoms with E-state index in [4.69, 9.17) is 10.5 Å². The quantitative estimate of drug-likeness (QED) is 0.845. The van der Waals surface area contributed by atoms with E-state index in [-0.39, 0.29) is 5.91 Å². The third kappa shape index (κ3) is 2.89. The maximum atomic E-state index is 12.0. The second kappa shape index (κ2) is 5.50. The van der Waals surface area contributed by atoms with Gasteiger partial charge in [0.2, 0.25) is 0 Å². The predicted molar refractivity (Wildman–Crippen MR) is 69.8 cm³/mol. The molecule has 0 radical (unpaired) electrons. The molecule has 0 aliphatic carbocycles. The summed E-state index contributed by atoms with van der Waals surface area (Å²) in [6.45, 7) is 3.56. The molecule has 1 atom stereocenters. The van der Waals surface area contributed by atoms with E-state index in [9.17, 15) is 4.79 Å². The first-order valence-corrected chi connectivity index (χ1v) is 6.34. The van der Waals surface area contributed by atoms with E-state index in [1.807, 2.05) is 31.2 Å². The zero-order valence-electron chi connectivity index (χ0n) is 10.7. The lowest BCUT2D eigenvalue weighted by Gasteiger charge is -2.21. The Morgan fingerprint density at radius 3 is 2.94 bits per heavy atom. The molecule has 3 N–H and O–H groups in total. The van der Waals surface area contributed by atoms with E-state index in [0.717, 1.165) is 24.0 Å². The van der Waals surface area contributed by atoms with Crippen molar-refractivity contribution in [2.45, 2.75) is 38.5 Å². The number of ether oxygens (including phenoxy) is 1. The summed E-state index contributed by atoms with van der Waals surface area (Å²) in [5.74, 6) is -0.0295. The van der Waals surface area contributed by atoms with Gasteiger partial charge in [0.1, 0.15) is 5.60 Å². The van der Waals surface area contributed by atoms with Crippen molar-refractivity contribution < 1.29 is 9.53 Å². The third-order valence-corrected chi connectivity index (χ3v) is 3.38. The summed E-state index contributed by atoms with van der Waals surface area (Å²) in [6.07, 6.45) is 1.74. The van der Waals surface area contributed by atoms with Gasteiger partial charge in [-0.15, -0.1) is 0 Å². The first-order chi connectivity index (χ1) is 8.64. The van der Waals surface area contributed by atoms with Gasteiger partial charge in [-0.2, -0.15) is 0 Å². The van der Waals surface area contributed by atoms with Crippen LogP contribution in [0.3, 0.4) is 0 Å². The molecule has 1 aliphatic heterocycles. The summed E-state index contributed by atoms with van der Waals surface area (Å²) in [6, 6.07) is 7.93. The fraction of sp³-hybridized carbons (Fsp3) is 0.500. The first-order valence-electron chi connectivity index (χ1n) is 6.34. The molecule has 0 bridgehead atoms. The summed E-state index contributed by atoms with van der Waals surface area (Å²) in [5, 5.41) is 2.93. The minimum atomic E-state index is -0.647. The maximum Gasteiger partial charge on any atom is 0.252 e. The molecule has 1 unspecified atom stereocenters. The average molecular weight is 248 g/mol. The van der Waals surface area contributed by atoms with Gasteiger partial charge in [-0.25, -0.2) is 0 Å². The molecule has 1 heterocycles. The summed E-state index contributed by atoms with van der Waals surface area (Å²) in [4.78, 5) is 12.0. The minimum absolute atomic E-state index is 0.0295. The summed E-state index contributed by atoms with van der Waals surface area (Å²) in [7, 11) is 0. The molecule has 4 nitrogen and oxygen atoms in total. The topological polar surface area (TPSA) is 64.4 Å². The van der Waals surface area contributed by atoms with Gasteiger partial charge in [0.15, 0.2) is 0 Å². The molecule has 1 saturated heterocycles. The van der Waals surface area contributed by atoms with Crippen LogP contribution in [-0.2, 0) is 22.6 Å². The van der Waals surface area contributed by atoms with Crippen molar-refractivity contribution in [3.63, 3.8) is 0 Å². The largest absolute Gasteiger partial charge is 0.365 e. The van der Waals surface area contributed by atoms with Gasteiger partial charge >= 0.3 is 0 Å². The Balaban J connectivity index is 1.92. The van der Waals surface area contributed by atoms with Crippen molar-refractivity contribution in [1.82, 2.24) is 5.32 Å². The van der Waals surface area contributed by atoms with E-state index in [1.165, 1.54) is 0 Å². The van der Waals surface area contributed by atoms with Crippen LogP contribution in [0, 0.1) is 0 Å². The minimum Gasteiger partial charge on any atom is -0.365 e. The molecular weight excluding hydrogens is 228 g/mol. The predicted octanol–water partition coefficient (Wildman–Crippen LogP) is 1.33. The van der Waals surface area contributed by atoms with Crippen molar-refractivity contribution in [1.29, 1.82) is 0 Å². The molecule has 4 heteroatoms. The standard InChI is InChI=1S/C14H20N2O2/c1-14(6-3-7-18-14)13(17)16-10-12-5-2-4-11(8-12)9-15/h2,4-5,8H,3,6-7,9-10,15H2,1H3,(H,16,17). The Morgan fingerprint density at radius 1 is 1.50 bits per heavy atom. The van der Waals surface area contributed by atoms with Crippen LogP contribution in [0.2, 0.25) is 0 Å². The van der Waals surface area contributed by atoms with E-state index in [0.29, 0.717) is 19.7 Å². The zero-order chi connectivity index (χ0) is 13.0. The molecule has 0 spiro atoms. The van der Waals surface area contributed by atoms with Crippen LogP contribution in [0.5, 0.6) is 0 Å². The lowest BCUT2D eigenvalue weighted by atomic mass is 10.0. The second-order valence-corrected chi connectivity index (χ2v) is 4.89. The Kier molecular flexibility index (Phi) is 3.99. The monoisotopic (exact) mass is 248 g/mol. The van der Waals surface area contributed by atoms with E-state index in [2.05, 4.69) is 5.32 Å². The number of hydrogen-bond acceptors (Lipinski definition) is 3. The van der Waals surface area contributed by atoms with Crippen LogP contribution >= 0.6 is 0 Å².